The van der Waals surface area contributed by atoms with Crippen LogP contribution in [0, 0.1) is 0 Å². The summed E-state index contributed by atoms with van der Waals surface area (Å²) in [6.07, 6.45) is 3.23. The summed E-state index contributed by atoms with van der Waals surface area (Å²) in [6.45, 7) is -2.61. The van der Waals surface area contributed by atoms with Gasteiger partial charge in [0.1, 0.15) is 5.75 Å². The Labute approximate surface area is 154 Å². The minimum atomic E-state index is -2.86. The molecule has 138 valence electrons. The van der Waals surface area contributed by atoms with Gasteiger partial charge in [-0.15, -0.1) is 0 Å². The first kappa shape index (κ1) is 18.2. The van der Waals surface area contributed by atoms with E-state index in [0.29, 0.717) is 17.2 Å². The molecule has 3 rings (SSSR count). The molecule has 3 aromatic rings. The maximum absolute atomic E-state index is 12.3. The second-order valence-corrected chi connectivity index (χ2v) is 5.48. The van der Waals surface area contributed by atoms with Crippen molar-refractivity contribution in [2.75, 3.05) is 5.32 Å². The van der Waals surface area contributed by atoms with Gasteiger partial charge in [-0.3, -0.25) is 4.79 Å². The molecular weight excluding hydrogens is 354 g/mol. The monoisotopic (exact) mass is 370 g/mol. The number of benzene rings is 2. The molecule has 0 atom stereocenters. The summed E-state index contributed by atoms with van der Waals surface area (Å²) in [5.74, 6) is 0.240. The summed E-state index contributed by atoms with van der Waals surface area (Å²) >= 11 is 0. The van der Waals surface area contributed by atoms with Gasteiger partial charge in [-0.05, 0) is 42.0 Å². The predicted octanol–water partition coefficient (Wildman–Crippen LogP) is 3.75. The van der Waals surface area contributed by atoms with E-state index in [0.717, 1.165) is 5.56 Å². The molecule has 0 bridgehead atoms. The van der Waals surface area contributed by atoms with Crippen LogP contribution in [0.4, 0.5) is 20.4 Å². The van der Waals surface area contributed by atoms with Crippen LogP contribution < -0.4 is 15.4 Å². The van der Waals surface area contributed by atoms with E-state index >= 15 is 0 Å². The predicted molar refractivity (Wildman–Crippen MR) is 96.0 cm³/mol. The molecule has 0 aliphatic heterocycles. The maximum atomic E-state index is 12.3. The van der Waals surface area contributed by atoms with Crippen LogP contribution in [0.3, 0.4) is 0 Å². The third-order valence-electron chi connectivity index (χ3n) is 3.55. The lowest BCUT2D eigenvalue weighted by Crippen LogP contribution is -2.22. The van der Waals surface area contributed by atoms with E-state index in [1.807, 2.05) is 0 Å². The summed E-state index contributed by atoms with van der Waals surface area (Å²) in [5, 5.41) is 5.80. The molecular formula is C19H16F2N4O2. The lowest BCUT2D eigenvalue weighted by atomic mass is 10.1. The standard InChI is InChI=1S/C19H16F2N4O2/c20-18(21)27-16-7-5-13(6-8-16)12-24-17(26)14-3-1-4-15(11-14)25-19-22-9-2-10-23-19/h1-11,18H,12H2,(H,24,26)(H,22,23,25). The average molecular weight is 370 g/mol. The van der Waals surface area contributed by atoms with Crippen molar-refractivity contribution in [3.05, 3.63) is 78.1 Å². The number of halogens is 2. The molecule has 0 fully saturated rings. The van der Waals surface area contributed by atoms with Crippen molar-refractivity contribution in [2.45, 2.75) is 13.2 Å². The normalized spacial score (nSPS) is 10.5. The number of carbonyl (C=O) groups excluding carboxylic acids is 1. The second-order valence-electron chi connectivity index (χ2n) is 5.48. The average Bonchev–Trinajstić information content (AvgIpc) is 2.68. The van der Waals surface area contributed by atoms with E-state index in [9.17, 15) is 13.6 Å². The zero-order valence-corrected chi connectivity index (χ0v) is 14.1. The number of amides is 1. The van der Waals surface area contributed by atoms with Gasteiger partial charge in [0, 0.05) is 30.2 Å². The van der Waals surface area contributed by atoms with Crippen LogP contribution in [-0.4, -0.2) is 22.5 Å². The summed E-state index contributed by atoms with van der Waals surface area (Å²) in [4.78, 5) is 20.5. The number of ether oxygens (including phenoxy) is 1. The molecule has 0 aliphatic carbocycles. The van der Waals surface area contributed by atoms with Crippen molar-refractivity contribution in [3.63, 3.8) is 0 Å². The van der Waals surface area contributed by atoms with Gasteiger partial charge in [-0.2, -0.15) is 8.78 Å². The van der Waals surface area contributed by atoms with E-state index in [4.69, 9.17) is 0 Å². The number of aromatic nitrogens is 2. The van der Waals surface area contributed by atoms with E-state index in [1.165, 1.54) is 12.1 Å². The molecule has 1 aromatic heterocycles. The number of anilines is 2. The number of alkyl halides is 2. The molecule has 0 radical (unpaired) electrons. The Kier molecular flexibility index (Phi) is 5.88. The lowest BCUT2D eigenvalue weighted by molar-refractivity contribution is -0.0498. The fraction of sp³-hybridized carbons (Fsp3) is 0.105. The third-order valence-corrected chi connectivity index (χ3v) is 3.55. The number of nitrogens with zero attached hydrogens (tertiary/aromatic N) is 2. The Balaban J connectivity index is 1.58. The first-order valence-electron chi connectivity index (χ1n) is 8.06. The highest BCUT2D eigenvalue weighted by Gasteiger charge is 2.08. The number of rotatable bonds is 7. The molecule has 6 nitrogen and oxygen atoms in total. The summed E-state index contributed by atoms with van der Waals surface area (Å²) in [7, 11) is 0. The molecule has 0 saturated carbocycles. The van der Waals surface area contributed by atoms with Gasteiger partial charge in [0.05, 0.1) is 0 Å². The first-order valence-corrected chi connectivity index (χ1v) is 8.06. The van der Waals surface area contributed by atoms with Crippen molar-refractivity contribution in [3.8, 4) is 5.75 Å². The van der Waals surface area contributed by atoms with Gasteiger partial charge in [-0.25, -0.2) is 9.97 Å². The Bertz CT molecular complexity index is 890. The van der Waals surface area contributed by atoms with Gasteiger partial charge in [0.2, 0.25) is 5.95 Å². The Morgan fingerprint density at radius 3 is 2.48 bits per heavy atom. The molecule has 0 saturated heterocycles. The topological polar surface area (TPSA) is 76.1 Å². The molecule has 1 heterocycles. The van der Waals surface area contributed by atoms with Gasteiger partial charge >= 0.3 is 6.61 Å². The van der Waals surface area contributed by atoms with Crippen LogP contribution in [0.5, 0.6) is 5.75 Å². The second kappa shape index (κ2) is 8.70. The maximum Gasteiger partial charge on any atom is 0.387 e. The van der Waals surface area contributed by atoms with Gasteiger partial charge in [-0.1, -0.05) is 18.2 Å². The Morgan fingerprint density at radius 2 is 1.78 bits per heavy atom. The molecule has 1 amide bonds. The molecule has 0 unspecified atom stereocenters. The highest BCUT2D eigenvalue weighted by Crippen LogP contribution is 2.16. The molecule has 0 aliphatic rings. The van der Waals surface area contributed by atoms with E-state index in [-0.39, 0.29) is 18.2 Å². The van der Waals surface area contributed by atoms with Crippen molar-refractivity contribution in [1.29, 1.82) is 0 Å². The molecule has 27 heavy (non-hydrogen) atoms. The van der Waals surface area contributed by atoms with Gasteiger partial charge < -0.3 is 15.4 Å². The molecule has 2 aromatic carbocycles. The van der Waals surface area contributed by atoms with Crippen molar-refractivity contribution < 1.29 is 18.3 Å². The first-order chi connectivity index (χ1) is 13.1. The van der Waals surface area contributed by atoms with Crippen LogP contribution in [0.2, 0.25) is 0 Å². The number of carbonyl (C=O) groups is 1. The number of nitrogens with one attached hydrogen (secondary N) is 2. The van der Waals surface area contributed by atoms with Crippen LogP contribution >= 0.6 is 0 Å². The molecule has 2 N–H and O–H groups in total. The van der Waals surface area contributed by atoms with Gasteiger partial charge in [0.15, 0.2) is 0 Å². The molecule has 0 spiro atoms. The third kappa shape index (κ3) is 5.46. The summed E-state index contributed by atoms with van der Waals surface area (Å²) < 4.78 is 28.6. The highest BCUT2D eigenvalue weighted by molar-refractivity contribution is 5.95. The van der Waals surface area contributed by atoms with Crippen molar-refractivity contribution >= 4 is 17.5 Å². The van der Waals surface area contributed by atoms with Crippen molar-refractivity contribution in [2.24, 2.45) is 0 Å². The SMILES string of the molecule is O=C(NCc1ccc(OC(F)F)cc1)c1cccc(Nc2ncccn2)c1. The largest absolute Gasteiger partial charge is 0.435 e. The summed E-state index contributed by atoms with van der Waals surface area (Å²) in [6, 6.07) is 14.7. The van der Waals surface area contributed by atoms with E-state index in [2.05, 4.69) is 25.3 Å². The zero-order chi connectivity index (χ0) is 19.1. The minimum Gasteiger partial charge on any atom is -0.435 e. The Morgan fingerprint density at radius 1 is 1.04 bits per heavy atom. The lowest BCUT2D eigenvalue weighted by Gasteiger charge is -2.09. The minimum absolute atomic E-state index is 0.0713. The number of hydrogen-bond donors (Lipinski definition) is 2. The van der Waals surface area contributed by atoms with E-state index < -0.39 is 6.61 Å². The van der Waals surface area contributed by atoms with Crippen molar-refractivity contribution in [1.82, 2.24) is 15.3 Å². The highest BCUT2D eigenvalue weighted by atomic mass is 19.3. The van der Waals surface area contributed by atoms with Crippen LogP contribution in [-0.2, 0) is 6.54 Å². The van der Waals surface area contributed by atoms with Gasteiger partial charge in [0.25, 0.3) is 5.91 Å². The van der Waals surface area contributed by atoms with Crippen LogP contribution in [0.1, 0.15) is 15.9 Å². The number of hydrogen-bond acceptors (Lipinski definition) is 5. The fourth-order valence-corrected chi connectivity index (χ4v) is 2.30. The van der Waals surface area contributed by atoms with Crippen LogP contribution in [0.15, 0.2) is 67.0 Å². The zero-order valence-electron chi connectivity index (χ0n) is 14.1. The Hall–Kier alpha value is -3.55. The van der Waals surface area contributed by atoms with Crippen LogP contribution in [0.25, 0.3) is 0 Å². The smallest absolute Gasteiger partial charge is 0.387 e. The summed E-state index contributed by atoms with van der Waals surface area (Å²) in [5.41, 5.74) is 1.91. The quantitative estimate of drug-likeness (QED) is 0.662. The molecule has 8 heteroatoms. The van der Waals surface area contributed by atoms with E-state index in [1.54, 1.807) is 54.9 Å². The fourth-order valence-electron chi connectivity index (χ4n) is 2.30.